The van der Waals surface area contributed by atoms with E-state index in [-0.39, 0.29) is 0 Å². The Kier molecular flexibility index (Phi) is 10.0. The fourth-order valence-corrected chi connectivity index (χ4v) is 5.82. The first-order chi connectivity index (χ1) is 8.61. The molecule has 0 aromatic carbocycles. The van der Waals surface area contributed by atoms with Crippen LogP contribution in [0.15, 0.2) is 0 Å². The second-order valence-corrected chi connectivity index (χ2v) is 7.63. The Morgan fingerprint density at radius 3 is 1.56 bits per heavy atom. The molecule has 0 aliphatic rings. The van der Waals surface area contributed by atoms with E-state index in [1.54, 1.807) is 0 Å². The molecule has 4 heteroatoms. The maximum absolute atomic E-state index is 6.00. The van der Waals surface area contributed by atoms with Crippen LogP contribution in [0.1, 0.15) is 60.8 Å². The number of rotatable bonds is 11. The van der Waals surface area contributed by atoms with E-state index in [0.717, 1.165) is 6.42 Å². The van der Waals surface area contributed by atoms with Gasteiger partial charge in [-0.2, -0.15) is 0 Å². The SMILES string of the molecule is CCCC(CC)C(C)[Si](OCC)(OCC)OCC. The molecule has 3 nitrogen and oxygen atoms in total. The van der Waals surface area contributed by atoms with Crippen LogP contribution in [0.4, 0.5) is 0 Å². The summed E-state index contributed by atoms with van der Waals surface area (Å²) in [5, 5.41) is 0. The standard InChI is InChI=1S/C14H32O3Si/c1-7-12-14(8-2)13(6)18(15-9-3,16-10-4)17-11-5/h13-14H,7-12H2,1-6H3. The van der Waals surface area contributed by atoms with E-state index in [1.807, 2.05) is 20.8 Å². The van der Waals surface area contributed by atoms with Crippen LogP contribution >= 0.6 is 0 Å². The topological polar surface area (TPSA) is 27.7 Å². The van der Waals surface area contributed by atoms with Crippen LogP contribution in [0, 0.1) is 5.92 Å². The average Bonchev–Trinajstić information content (AvgIpc) is 2.36. The molecule has 0 fully saturated rings. The van der Waals surface area contributed by atoms with E-state index in [0.29, 0.717) is 31.3 Å². The maximum Gasteiger partial charge on any atom is 0.504 e. The number of hydrogen-bond acceptors (Lipinski definition) is 3. The normalized spacial score (nSPS) is 15.7. The molecule has 0 amide bonds. The molecule has 0 saturated carbocycles. The summed E-state index contributed by atoms with van der Waals surface area (Å²) in [5.74, 6) is 0.631. The molecule has 0 heterocycles. The molecular formula is C14H32O3Si. The Morgan fingerprint density at radius 2 is 1.28 bits per heavy atom. The van der Waals surface area contributed by atoms with Crippen LogP contribution < -0.4 is 0 Å². The van der Waals surface area contributed by atoms with Crippen molar-refractivity contribution in [3.8, 4) is 0 Å². The van der Waals surface area contributed by atoms with Crippen molar-refractivity contribution < 1.29 is 13.3 Å². The summed E-state index contributed by atoms with van der Waals surface area (Å²) < 4.78 is 18.0. The highest BCUT2D eigenvalue weighted by Gasteiger charge is 2.49. The molecule has 2 unspecified atom stereocenters. The van der Waals surface area contributed by atoms with Crippen LogP contribution in [0.2, 0.25) is 5.54 Å². The fourth-order valence-electron chi connectivity index (χ4n) is 2.59. The van der Waals surface area contributed by atoms with Crippen molar-refractivity contribution in [3.05, 3.63) is 0 Å². The zero-order chi connectivity index (χ0) is 14.0. The number of hydrogen-bond donors (Lipinski definition) is 0. The molecule has 0 rings (SSSR count). The highest BCUT2D eigenvalue weighted by Crippen LogP contribution is 2.36. The van der Waals surface area contributed by atoms with Gasteiger partial charge in [-0.15, -0.1) is 0 Å². The van der Waals surface area contributed by atoms with Crippen LogP contribution in [-0.4, -0.2) is 28.6 Å². The van der Waals surface area contributed by atoms with Crippen LogP contribution in [0.5, 0.6) is 0 Å². The maximum atomic E-state index is 6.00. The Hall–Kier alpha value is 0.0969. The predicted octanol–water partition coefficient (Wildman–Crippen LogP) is 4.25. The average molecular weight is 276 g/mol. The zero-order valence-corrected chi connectivity index (χ0v) is 14.1. The van der Waals surface area contributed by atoms with Gasteiger partial charge in [-0.05, 0) is 26.7 Å². The van der Waals surface area contributed by atoms with Gasteiger partial charge in [-0.1, -0.05) is 40.0 Å². The van der Waals surface area contributed by atoms with Crippen molar-refractivity contribution in [2.75, 3.05) is 19.8 Å². The first kappa shape index (κ1) is 18.1. The Labute approximate surface area is 115 Å². The lowest BCUT2D eigenvalue weighted by Gasteiger charge is -2.37. The lowest BCUT2D eigenvalue weighted by atomic mass is 9.97. The van der Waals surface area contributed by atoms with Gasteiger partial charge in [0.1, 0.15) is 0 Å². The van der Waals surface area contributed by atoms with Crippen LogP contribution in [-0.2, 0) is 13.3 Å². The third-order valence-electron chi connectivity index (χ3n) is 3.49. The molecule has 0 aromatic rings. The minimum absolute atomic E-state index is 0.377. The summed E-state index contributed by atoms with van der Waals surface area (Å²) in [7, 11) is -2.52. The first-order valence-corrected chi connectivity index (χ1v) is 9.33. The third kappa shape index (κ3) is 5.00. The second kappa shape index (κ2) is 9.95. The van der Waals surface area contributed by atoms with E-state index in [1.165, 1.54) is 12.8 Å². The van der Waals surface area contributed by atoms with Gasteiger partial charge in [-0.25, -0.2) is 0 Å². The molecule has 0 saturated heterocycles. The van der Waals surface area contributed by atoms with Gasteiger partial charge in [0.05, 0.1) is 0 Å². The molecule has 0 spiro atoms. The van der Waals surface area contributed by atoms with Crippen molar-refractivity contribution in [2.45, 2.75) is 66.3 Å². The summed E-state index contributed by atoms with van der Waals surface area (Å²) >= 11 is 0. The highest BCUT2D eigenvalue weighted by molar-refractivity contribution is 6.62. The molecule has 0 N–H and O–H groups in total. The predicted molar refractivity (Wildman–Crippen MR) is 78.7 cm³/mol. The molecule has 0 aromatic heterocycles. The minimum Gasteiger partial charge on any atom is -0.374 e. The van der Waals surface area contributed by atoms with Gasteiger partial charge in [-0.3, -0.25) is 0 Å². The summed E-state index contributed by atoms with van der Waals surface area (Å²) in [6, 6.07) is 0. The first-order valence-electron chi connectivity index (χ1n) is 7.53. The van der Waals surface area contributed by atoms with Crippen LogP contribution in [0.25, 0.3) is 0 Å². The molecule has 0 bridgehead atoms. The molecule has 0 radical (unpaired) electrons. The van der Waals surface area contributed by atoms with E-state index in [2.05, 4.69) is 20.8 Å². The van der Waals surface area contributed by atoms with Gasteiger partial charge in [0.2, 0.25) is 0 Å². The largest absolute Gasteiger partial charge is 0.504 e. The van der Waals surface area contributed by atoms with Crippen molar-refractivity contribution in [3.63, 3.8) is 0 Å². The molecule has 0 aliphatic carbocycles. The summed E-state index contributed by atoms with van der Waals surface area (Å²) in [6.45, 7) is 14.8. The summed E-state index contributed by atoms with van der Waals surface area (Å²) in [5.41, 5.74) is 0.377. The van der Waals surface area contributed by atoms with Crippen molar-refractivity contribution in [2.24, 2.45) is 5.92 Å². The van der Waals surface area contributed by atoms with E-state index < -0.39 is 8.80 Å². The van der Waals surface area contributed by atoms with Gasteiger partial charge < -0.3 is 13.3 Å². The van der Waals surface area contributed by atoms with E-state index in [9.17, 15) is 0 Å². The minimum atomic E-state index is -2.52. The van der Waals surface area contributed by atoms with Gasteiger partial charge in [0.15, 0.2) is 0 Å². The van der Waals surface area contributed by atoms with Gasteiger partial charge in [0.25, 0.3) is 0 Å². The molecule has 110 valence electrons. The van der Waals surface area contributed by atoms with Crippen LogP contribution in [0.3, 0.4) is 0 Å². The van der Waals surface area contributed by atoms with Crippen molar-refractivity contribution >= 4 is 8.80 Å². The van der Waals surface area contributed by atoms with E-state index >= 15 is 0 Å². The molecule has 0 aliphatic heterocycles. The van der Waals surface area contributed by atoms with Gasteiger partial charge >= 0.3 is 8.80 Å². The lowest BCUT2D eigenvalue weighted by Crippen LogP contribution is -2.51. The molecular weight excluding hydrogens is 244 g/mol. The monoisotopic (exact) mass is 276 g/mol. The Bertz CT molecular complexity index is 182. The quantitative estimate of drug-likeness (QED) is 0.528. The van der Waals surface area contributed by atoms with Crippen molar-refractivity contribution in [1.82, 2.24) is 0 Å². The molecule has 2 atom stereocenters. The summed E-state index contributed by atoms with van der Waals surface area (Å²) in [4.78, 5) is 0. The third-order valence-corrected chi connectivity index (χ3v) is 7.15. The lowest BCUT2D eigenvalue weighted by molar-refractivity contribution is 0.0546. The van der Waals surface area contributed by atoms with Crippen molar-refractivity contribution in [1.29, 1.82) is 0 Å². The Morgan fingerprint density at radius 1 is 0.833 bits per heavy atom. The van der Waals surface area contributed by atoms with Gasteiger partial charge in [0, 0.05) is 25.4 Å². The fraction of sp³-hybridized carbons (Fsp3) is 1.00. The summed E-state index contributed by atoms with van der Waals surface area (Å²) in [6.07, 6.45) is 3.59. The smallest absolute Gasteiger partial charge is 0.374 e. The Balaban J connectivity index is 4.97. The second-order valence-electron chi connectivity index (χ2n) is 4.65. The zero-order valence-electron chi connectivity index (χ0n) is 13.1. The molecule has 18 heavy (non-hydrogen) atoms. The highest BCUT2D eigenvalue weighted by atomic mass is 28.4. The van der Waals surface area contributed by atoms with E-state index in [4.69, 9.17) is 13.3 Å².